The van der Waals surface area contributed by atoms with Crippen LogP contribution in [0.2, 0.25) is 0 Å². The summed E-state index contributed by atoms with van der Waals surface area (Å²) in [4.78, 5) is 18.1. The number of carbonyl (C=O) groups excluding carboxylic acids is 1. The maximum atomic E-state index is 13.1. The van der Waals surface area contributed by atoms with Crippen molar-refractivity contribution in [3.05, 3.63) is 61.5 Å². The molecule has 1 amide bonds. The fourth-order valence-electron chi connectivity index (χ4n) is 3.40. The van der Waals surface area contributed by atoms with E-state index in [1.807, 2.05) is 36.4 Å². The number of carbonyl (C=O) groups is 1. The SMILES string of the molecule is CCCCSC1=NN2C(=c3ccccc3=NC2c2cc(Br)cc(Br)c2OC)C(=O)N1. The highest BCUT2D eigenvalue weighted by Gasteiger charge is 2.36. The average Bonchev–Trinajstić information content (AvgIpc) is 2.72. The third-order valence-electron chi connectivity index (χ3n) is 4.77. The number of rotatable bonds is 5. The van der Waals surface area contributed by atoms with Gasteiger partial charge in [0.05, 0.1) is 16.9 Å². The molecule has 6 nitrogen and oxygen atoms in total. The van der Waals surface area contributed by atoms with Gasteiger partial charge in [-0.1, -0.05) is 59.2 Å². The Hall–Kier alpha value is -1.84. The van der Waals surface area contributed by atoms with E-state index in [1.54, 1.807) is 23.9 Å². The largest absolute Gasteiger partial charge is 0.495 e. The number of hydrogen-bond donors (Lipinski definition) is 1. The first-order chi connectivity index (χ1) is 14.5. The van der Waals surface area contributed by atoms with E-state index in [4.69, 9.17) is 14.8 Å². The van der Waals surface area contributed by atoms with Crippen molar-refractivity contribution in [1.29, 1.82) is 0 Å². The molecule has 0 aromatic heterocycles. The van der Waals surface area contributed by atoms with Crippen LogP contribution in [-0.4, -0.2) is 28.9 Å². The van der Waals surface area contributed by atoms with E-state index < -0.39 is 6.17 Å². The van der Waals surface area contributed by atoms with Crippen molar-refractivity contribution in [3.8, 4) is 5.75 Å². The van der Waals surface area contributed by atoms with Crippen molar-refractivity contribution in [2.75, 3.05) is 12.9 Å². The standard InChI is InChI=1S/C21H20Br2N4O2S/c1-3-4-9-30-21-25-20(28)17-13-7-5-6-8-16(13)24-19(27(17)26-21)14-10-12(22)11-15(23)18(14)29-2/h5-8,10-11,19H,3-4,9H2,1-2H3,(H,25,26,28). The van der Waals surface area contributed by atoms with Gasteiger partial charge in [-0.05, 0) is 40.5 Å². The number of para-hydroxylation sites is 1. The number of fused-ring (bicyclic) bond motifs is 2. The number of benzene rings is 2. The molecule has 9 heteroatoms. The average molecular weight is 552 g/mol. The Morgan fingerprint density at radius 2 is 2.07 bits per heavy atom. The Bertz CT molecular complexity index is 1150. The summed E-state index contributed by atoms with van der Waals surface area (Å²) in [7, 11) is 1.62. The zero-order chi connectivity index (χ0) is 21.3. The molecule has 1 atom stereocenters. The number of methoxy groups -OCH3 is 1. The number of halogens is 2. The van der Waals surface area contributed by atoms with Gasteiger partial charge in [0.1, 0.15) is 11.4 Å². The summed E-state index contributed by atoms with van der Waals surface area (Å²) in [5, 5.41) is 11.5. The zero-order valence-electron chi connectivity index (χ0n) is 16.5. The van der Waals surface area contributed by atoms with Gasteiger partial charge in [0, 0.05) is 21.0 Å². The minimum absolute atomic E-state index is 0.177. The zero-order valence-corrected chi connectivity index (χ0v) is 20.5. The third kappa shape index (κ3) is 4.02. The number of unbranched alkanes of at least 4 members (excludes halogenated alkanes) is 1. The van der Waals surface area contributed by atoms with Crippen molar-refractivity contribution in [2.24, 2.45) is 10.1 Å². The summed E-state index contributed by atoms with van der Waals surface area (Å²) < 4.78 is 7.34. The van der Waals surface area contributed by atoms with E-state index in [0.29, 0.717) is 16.6 Å². The molecule has 2 aromatic rings. The molecule has 0 saturated carbocycles. The van der Waals surface area contributed by atoms with Gasteiger partial charge in [0.15, 0.2) is 11.3 Å². The van der Waals surface area contributed by atoms with E-state index in [0.717, 1.165) is 43.7 Å². The van der Waals surface area contributed by atoms with E-state index in [-0.39, 0.29) is 5.91 Å². The summed E-state index contributed by atoms with van der Waals surface area (Å²) in [5.41, 5.74) is 1.30. The van der Waals surface area contributed by atoms with E-state index in [9.17, 15) is 4.79 Å². The number of amidine groups is 1. The monoisotopic (exact) mass is 550 g/mol. The van der Waals surface area contributed by atoms with Crippen LogP contribution < -0.4 is 20.6 Å². The molecule has 156 valence electrons. The molecule has 0 aliphatic carbocycles. The highest BCUT2D eigenvalue weighted by Crippen LogP contribution is 2.41. The lowest BCUT2D eigenvalue weighted by Crippen LogP contribution is -2.50. The molecular formula is C21H20Br2N4O2S. The molecule has 0 fully saturated rings. The van der Waals surface area contributed by atoms with E-state index >= 15 is 0 Å². The second-order valence-electron chi connectivity index (χ2n) is 6.78. The Morgan fingerprint density at radius 1 is 1.27 bits per heavy atom. The summed E-state index contributed by atoms with van der Waals surface area (Å²) in [6.45, 7) is 2.14. The smallest absolute Gasteiger partial charge is 0.276 e. The van der Waals surface area contributed by atoms with Crippen molar-refractivity contribution < 1.29 is 9.53 Å². The number of ether oxygens (including phenoxy) is 1. The first kappa shape index (κ1) is 21.4. The molecule has 1 N–H and O–H groups in total. The van der Waals surface area contributed by atoms with Gasteiger partial charge in [-0.3, -0.25) is 15.1 Å². The molecule has 2 heterocycles. The van der Waals surface area contributed by atoms with Gasteiger partial charge >= 0.3 is 0 Å². The van der Waals surface area contributed by atoms with Crippen molar-refractivity contribution in [2.45, 2.75) is 25.9 Å². The molecule has 30 heavy (non-hydrogen) atoms. The van der Waals surface area contributed by atoms with Crippen molar-refractivity contribution >= 4 is 60.4 Å². The second kappa shape index (κ2) is 9.11. The van der Waals surface area contributed by atoms with Crippen LogP contribution in [0.15, 0.2) is 55.4 Å². The maximum absolute atomic E-state index is 13.1. The lowest BCUT2D eigenvalue weighted by molar-refractivity contribution is -0.116. The summed E-state index contributed by atoms with van der Waals surface area (Å²) >= 11 is 8.67. The summed E-state index contributed by atoms with van der Waals surface area (Å²) in [6, 6.07) is 11.5. The molecule has 4 rings (SSSR count). The number of amides is 1. The Kier molecular flexibility index (Phi) is 6.50. The number of thioether (sulfide) groups is 1. The van der Waals surface area contributed by atoms with E-state index in [1.165, 1.54) is 0 Å². The minimum atomic E-state index is -0.536. The minimum Gasteiger partial charge on any atom is -0.495 e. The van der Waals surface area contributed by atoms with Crippen LogP contribution >= 0.6 is 43.6 Å². The number of hydrazone groups is 1. The molecule has 0 bridgehead atoms. The highest BCUT2D eigenvalue weighted by atomic mass is 79.9. The van der Waals surface area contributed by atoms with E-state index in [2.05, 4.69) is 44.1 Å². The predicted molar refractivity (Wildman–Crippen MR) is 127 cm³/mol. The van der Waals surface area contributed by atoms with Crippen LogP contribution in [0.5, 0.6) is 5.75 Å². The molecule has 0 spiro atoms. The fourth-order valence-corrected chi connectivity index (χ4v) is 5.75. The van der Waals surface area contributed by atoms with Crippen LogP contribution in [0, 0.1) is 0 Å². The van der Waals surface area contributed by atoms with Crippen LogP contribution in [0.3, 0.4) is 0 Å². The predicted octanol–water partition coefficient (Wildman–Crippen LogP) is 3.90. The van der Waals surface area contributed by atoms with Gasteiger partial charge in [-0.15, -0.1) is 5.10 Å². The van der Waals surface area contributed by atoms with Crippen LogP contribution in [0.4, 0.5) is 0 Å². The van der Waals surface area contributed by atoms with Gasteiger partial charge in [-0.2, -0.15) is 0 Å². The Morgan fingerprint density at radius 3 is 2.83 bits per heavy atom. The quantitative estimate of drug-likeness (QED) is 0.572. The molecule has 1 unspecified atom stereocenters. The van der Waals surface area contributed by atoms with Gasteiger partial charge in [-0.25, -0.2) is 5.01 Å². The van der Waals surface area contributed by atoms with Crippen molar-refractivity contribution in [3.63, 3.8) is 0 Å². The first-order valence-electron chi connectivity index (χ1n) is 9.55. The lowest BCUT2D eigenvalue weighted by Gasteiger charge is -2.34. The molecule has 2 aromatic carbocycles. The highest BCUT2D eigenvalue weighted by molar-refractivity contribution is 9.11. The molecule has 2 aliphatic rings. The second-order valence-corrected chi connectivity index (χ2v) is 9.64. The topological polar surface area (TPSA) is 66.3 Å². The molecule has 0 radical (unpaired) electrons. The maximum Gasteiger partial charge on any atom is 0.276 e. The Balaban J connectivity index is 1.91. The van der Waals surface area contributed by atoms with Crippen molar-refractivity contribution in [1.82, 2.24) is 10.3 Å². The van der Waals surface area contributed by atoms with Crippen LogP contribution in [0.25, 0.3) is 5.70 Å². The lowest BCUT2D eigenvalue weighted by atomic mass is 10.1. The number of nitrogens with zero attached hydrogens (tertiary/aromatic N) is 3. The summed E-state index contributed by atoms with van der Waals surface area (Å²) in [6.07, 6.45) is 1.61. The normalized spacial score (nSPS) is 17.5. The van der Waals surface area contributed by atoms with Crippen LogP contribution in [0.1, 0.15) is 31.5 Å². The van der Waals surface area contributed by atoms with Gasteiger partial charge in [0.25, 0.3) is 5.91 Å². The van der Waals surface area contributed by atoms with Gasteiger partial charge < -0.3 is 4.74 Å². The molecular weight excluding hydrogens is 532 g/mol. The fraction of sp³-hybridized carbons (Fsp3) is 0.286. The molecule has 0 saturated heterocycles. The first-order valence-corrected chi connectivity index (χ1v) is 12.1. The van der Waals surface area contributed by atoms with Gasteiger partial charge in [0.2, 0.25) is 0 Å². The Labute approximate surface area is 195 Å². The molecule has 2 aliphatic heterocycles. The van der Waals surface area contributed by atoms with Crippen LogP contribution in [-0.2, 0) is 4.79 Å². The summed E-state index contributed by atoms with van der Waals surface area (Å²) in [5.74, 6) is 1.37. The number of nitrogens with one attached hydrogen (secondary N) is 1. The third-order valence-corrected chi connectivity index (χ3v) is 6.77. The number of hydrogen-bond acceptors (Lipinski definition) is 6.